The highest BCUT2D eigenvalue weighted by atomic mass is 16.5. The van der Waals surface area contributed by atoms with Crippen LogP contribution in [0.25, 0.3) is 0 Å². The highest BCUT2D eigenvalue weighted by molar-refractivity contribution is 6.01. The first-order chi connectivity index (χ1) is 10.2. The van der Waals surface area contributed by atoms with E-state index in [1.165, 1.54) is 0 Å². The van der Waals surface area contributed by atoms with Crippen LogP contribution in [0.15, 0.2) is 48.5 Å². The van der Waals surface area contributed by atoms with Crippen molar-refractivity contribution >= 4 is 11.5 Å². The number of hydrogen-bond acceptors (Lipinski definition) is 3. The molecule has 0 aliphatic carbocycles. The van der Waals surface area contributed by atoms with Crippen LogP contribution in [0.5, 0.6) is 5.75 Å². The van der Waals surface area contributed by atoms with Gasteiger partial charge in [0.15, 0.2) is 5.78 Å². The highest BCUT2D eigenvalue weighted by Gasteiger charge is 2.10. The molecule has 2 aromatic carbocycles. The lowest BCUT2D eigenvalue weighted by molar-refractivity contribution is 0.0989. The van der Waals surface area contributed by atoms with Gasteiger partial charge in [0.05, 0.1) is 0 Å². The number of ketones is 1. The van der Waals surface area contributed by atoms with Crippen LogP contribution in [-0.4, -0.2) is 12.3 Å². The third-order valence-electron chi connectivity index (χ3n) is 3.23. The molecule has 2 rings (SSSR count). The third-order valence-corrected chi connectivity index (χ3v) is 3.23. The number of carbonyl (C=O) groups excluding carboxylic acids is 1. The van der Waals surface area contributed by atoms with Gasteiger partial charge in [0.25, 0.3) is 0 Å². The second-order valence-electron chi connectivity index (χ2n) is 4.79. The first-order valence-electron chi connectivity index (χ1n) is 7.32. The van der Waals surface area contributed by atoms with Gasteiger partial charge in [0.1, 0.15) is 12.4 Å². The van der Waals surface area contributed by atoms with E-state index in [0.29, 0.717) is 13.0 Å². The summed E-state index contributed by atoms with van der Waals surface area (Å²) >= 11 is 0. The number of nitrogens with one attached hydrogen (secondary N) is 1. The van der Waals surface area contributed by atoms with Gasteiger partial charge in [-0.1, -0.05) is 37.3 Å². The Bertz CT molecular complexity index is 593. The molecule has 110 valence electrons. The maximum Gasteiger partial charge on any atom is 0.164 e. The van der Waals surface area contributed by atoms with Crippen LogP contribution in [-0.2, 0) is 6.61 Å². The zero-order valence-electron chi connectivity index (χ0n) is 12.6. The van der Waals surface area contributed by atoms with E-state index in [4.69, 9.17) is 4.74 Å². The predicted octanol–water partition coefficient (Wildman–Crippen LogP) is 4.29. The fraction of sp³-hybridized carbons (Fsp3) is 0.278. The second kappa shape index (κ2) is 7.48. The maximum atomic E-state index is 11.9. The van der Waals surface area contributed by atoms with Gasteiger partial charge in [-0.3, -0.25) is 4.79 Å². The van der Waals surface area contributed by atoms with Gasteiger partial charge in [-0.05, 0) is 24.6 Å². The molecular weight excluding hydrogens is 262 g/mol. The van der Waals surface area contributed by atoms with E-state index < -0.39 is 0 Å². The van der Waals surface area contributed by atoms with Gasteiger partial charge in [-0.2, -0.15) is 0 Å². The molecule has 3 nitrogen and oxygen atoms in total. The highest BCUT2D eigenvalue weighted by Crippen LogP contribution is 2.24. The summed E-state index contributed by atoms with van der Waals surface area (Å²) in [7, 11) is 0. The first kappa shape index (κ1) is 15.1. The number of anilines is 1. The molecule has 0 radical (unpaired) electrons. The van der Waals surface area contributed by atoms with Crippen molar-refractivity contribution in [3.8, 4) is 5.75 Å². The van der Waals surface area contributed by atoms with Crippen molar-refractivity contribution in [2.24, 2.45) is 0 Å². The van der Waals surface area contributed by atoms with Crippen LogP contribution in [0.2, 0.25) is 0 Å². The summed E-state index contributed by atoms with van der Waals surface area (Å²) in [5.41, 5.74) is 2.69. The lowest BCUT2D eigenvalue weighted by atomic mass is 10.1. The Labute approximate surface area is 126 Å². The first-order valence-corrected chi connectivity index (χ1v) is 7.32. The van der Waals surface area contributed by atoms with Gasteiger partial charge in [-0.25, -0.2) is 0 Å². The molecule has 0 heterocycles. The van der Waals surface area contributed by atoms with Crippen LogP contribution in [0.3, 0.4) is 0 Å². The summed E-state index contributed by atoms with van der Waals surface area (Å²) in [4.78, 5) is 11.9. The molecule has 1 N–H and O–H groups in total. The van der Waals surface area contributed by atoms with E-state index in [-0.39, 0.29) is 5.78 Å². The van der Waals surface area contributed by atoms with E-state index in [0.717, 1.165) is 29.1 Å². The van der Waals surface area contributed by atoms with E-state index >= 15 is 0 Å². The maximum absolute atomic E-state index is 11.9. The molecule has 0 spiro atoms. The topological polar surface area (TPSA) is 38.3 Å². The van der Waals surface area contributed by atoms with Crippen molar-refractivity contribution in [2.45, 2.75) is 26.9 Å². The smallest absolute Gasteiger partial charge is 0.164 e. The third kappa shape index (κ3) is 4.09. The molecular formula is C18H21NO2. The average molecular weight is 283 g/mol. The Hall–Kier alpha value is -2.29. The van der Waals surface area contributed by atoms with Crippen molar-refractivity contribution in [1.29, 1.82) is 0 Å². The summed E-state index contributed by atoms with van der Waals surface area (Å²) in [6.45, 7) is 5.18. The zero-order valence-corrected chi connectivity index (χ0v) is 12.6. The van der Waals surface area contributed by atoms with Gasteiger partial charge < -0.3 is 10.1 Å². The van der Waals surface area contributed by atoms with Crippen LogP contribution in [0.1, 0.15) is 36.2 Å². The van der Waals surface area contributed by atoms with Crippen LogP contribution in [0, 0.1) is 0 Å². The minimum atomic E-state index is 0.139. The molecule has 0 aliphatic heterocycles. The summed E-state index contributed by atoms with van der Waals surface area (Å²) in [6, 6.07) is 15.6. The van der Waals surface area contributed by atoms with Crippen LogP contribution >= 0.6 is 0 Å². The lowest BCUT2D eigenvalue weighted by Gasteiger charge is -2.12. The summed E-state index contributed by atoms with van der Waals surface area (Å²) < 4.78 is 5.80. The molecule has 0 amide bonds. The van der Waals surface area contributed by atoms with Crippen LogP contribution in [0.4, 0.5) is 5.69 Å². The Morgan fingerprint density at radius 2 is 1.86 bits per heavy atom. The summed E-state index contributed by atoms with van der Waals surface area (Å²) in [6.07, 6.45) is 0.503. The quantitative estimate of drug-likeness (QED) is 0.770. The molecule has 21 heavy (non-hydrogen) atoms. The minimum absolute atomic E-state index is 0.139. The molecule has 0 saturated heterocycles. The minimum Gasteiger partial charge on any atom is -0.489 e. The number of ether oxygens (including phenoxy) is 1. The molecule has 2 aromatic rings. The van der Waals surface area contributed by atoms with E-state index in [1.807, 2.05) is 62.4 Å². The molecule has 0 saturated carbocycles. The predicted molar refractivity (Wildman–Crippen MR) is 86.0 cm³/mol. The zero-order chi connectivity index (χ0) is 15.1. The largest absolute Gasteiger partial charge is 0.489 e. The Balaban J connectivity index is 2.13. The molecule has 0 bridgehead atoms. The SMILES string of the molecule is CCNc1cc(OCc2ccccc2)ccc1C(=O)CC. The lowest BCUT2D eigenvalue weighted by Crippen LogP contribution is -2.06. The summed E-state index contributed by atoms with van der Waals surface area (Å²) in [5, 5.41) is 3.23. The van der Waals surface area contributed by atoms with Gasteiger partial charge >= 0.3 is 0 Å². The van der Waals surface area contributed by atoms with Gasteiger partial charge in [0, 0.05) is 30.3 Å². The van der Waals surface area contributed by atoms with Gasteiger partial charge in [-0.15, -0.1) is 0 Å². The van der Waals surface area contributed by atoms with Crippen LogP contribution < -0.4 is 10.1 Å². The number of rotatable bonds is 7. The van der Waals surface area contributed by atoms with E-state index in [9.17, 15) is 4.79 Å². The Morgan fingerprint density at radius 1 is 1.10 bits per heavy atom. The Morgan fingerprint density at radius 3 is 2.52 bits per heavy atom. The second-order valence-corrected chi connectivity index (χ2v) is 4.79. The fourth-order valence-electron chi connectivity index (χ4n) is 2.12. The van der Waals surface area contributed by atoms with E-state index in [2.05, 4.69) is 5.32 Å². The average Bonchev–Trinajstić information content (AvgIpc) is 2.54. The van der Waals surface area contributed by atoms with Crippen molar-refractivity contribution in [3.63, 3.8) is 0 Å². The number of benzene rings is 2. The van der Waals surface area contributed by atoms with Crippen molar-refractivity contribution < 1.29 is 9.53 Å². The van der Waals surface area contributed by atoms with Crippen molar-refractivity contribution in [2.75, 3.05) is 11.9 Å². The number of Topliss-reactive ketones (excluding diaryl/α,β-unsaturated/α-hetero) is 1. The standard InChI is InChI=1S/C18H21NO2/c1-3-18(20)16-11-10-15(12-17(16)19-4-2)21-13-14-8-6-5-7-9-14/h5-12,19H,3-4,13H2,1-2H3. The van der Waals surface area contributed by atoms with Crippen molar-refractivity contribution in [3.05, 3.63) is 59.7 Å². The monoisotopic (exact) mass is 283 g/mol. The molecule has 0 atom stereocenters. The Kier molecular flexibility index (Phi) is 5.38. The van der Waals surface area contributed by atoms with Gasteiger partial charge in [0.2, 0.25) is 0 Å². The van der Waals surface area contributed by atoms with E-state index in [1.54, 1.807) is 0 Å². The van der Waals surface area contributed by atoms with Crippen molar-refractivity contribution in [1.82, 2.24) is 0 Å². The summed E-state index contributed by atoms with van der Waals surface area (Å²) in [5.74, 6) is 0.906. The molecule has 0 unspecified atom stereocenters. The molecule has 0 aliphatic rings. The number of hydrogen-bond donors (Lipinski definition) is 1. The fourth-order valence-corrected chi connectivity index (χ4v) is 2.12. The number of carbonyl (C=O) groups is 1. The normalized spacial score (nSPS) is 10.2. The molecule has 0 fully saturated rings. The molecule has 0 aromatic heterocycles. The molecule has 3 heteroatoms.